The molecule has 24 heavy (non-hydrogen) atoms. The van der Waals surface area contributed by atoms with Gasteiger partial charge in [0.1, 0.15) is 0 Å². The first-order valence-corrected chi connectivity index (χ1v) is 10.0. The maximum Gasteiger partial charge on any atom is 0.0836 e. The zero-order valence-electron chi connectivity index (χ0n) is 15.4. The SMILES string of the molecule is C/C=C1/CCC2C3C(CC[C@]12C)[C@@]1(C)CC[C@H](O)C[C@@H]1[C@@H](O)[C@@H]3O. The van der Waals surface area contributed by atoms with Gasteiger partial charge in [-0.25, -0.2) is 0 Å². The number of aliphatic hydroxyl groups excluding tert-OH is 3. The monoisotopic (exact) mass is 334 g/mol. The topological polar surface area (TPSA) is 60.7 Å². The summed E-state index contributed by atoms with van der Waals surface area (Å²) in [7, 11) is 0. The molecule has 0 bridgehead atoms. The van der Waals surface area contributed by atoms with E-state index >= 15 is 0 Å². The second kappa shape index (κ2) is 5.56. The van der Waals surface area contributed by atoms with Crippen molar-refractivity contribution >= 4 is 0 Å². The van der Waals surface area contributed by atoms with E-state index in [2.05, 4.69) is 26.8 Å². The summed E-state index contributed by atoms with van der Waals surface area (Å²) < 4.78 is 0. The third kappa shape index (κ3) is 2.07. The molecule has 9 atom stereocenters. The molecule has 4 aliphatic carbocycles. The fraction of sp³-hybridized carbons (Fsp3) is 0.905. The summed E-state index contributed by atoms with van der Waals surface area (Å²) in [6, 6.07) is 0. The molecule has 0 aromatic rings. The molecule has 3 nitrogen and oxygen atoms in total. The van der Waals surface area contributed by atoms with Crippen molar-refractivity contribution in [1.29, 1.82) is 0 Å². The number of hydrogen-bond acceptors (Lipinski definition) is 3. The highest BCUT2D eigenvalue weighted by Crippen LogP contribution is 2.67. The maximum atomic E-state index is 11.1. The molecule has 3 unspecified atom stereocenters. The highest BCUT2D eigenvalue weighted by molar-refractivity contribution is 5.25. The smallest absolute Gasteiger partial charge is 0.0836 e. The van der Waals surface area contributed by atoms with Gasteiger partial charge in [-0.05, 0) is 86.4 Å². The third-order valence-electron chi connectivity index (χ3n) is 8.92. The molecule has 4 aliphatic rings. The molecule has 0 saturated heterocycles. The Hall–Kier alpha value is -0.380. The average Bonchev–Trinajstić information content (AvgIpc) is 2.90. The molecule has 4 fully saturated rings. The Bertz CT molecular complexity index is 543. The van der Waals surface area contributed by atoms with Crippen LogP contribution in [0.3, 0.4) is 0 Å². The van der Waals surface area contributed by atoms with Crippen molar-refractivity contribution in [3.05, 3.63) is 11.6 Å². The molecule has 0 aromatic heterocycles. The van der Waals surface area contributed by atoms with E-state index in [1.165, 1.54) is 6.42 Å². The second-order valence-electron chi connectivity index (χ2n) is 9.62. The Balaban J connectivity index is 1.73. The molecule has 3 N–H and O–H groups in total. The van der Waals surface area contributed by atoms with Crippen LogP contribution in [0, 0.1) is 34.5 Å². The maximum absolute atomic E-state index is 11.1. The van der Waals surface area contributed by atoms with Gasteiger partial charge < -0.3 is 15.3 Å². The molecule has 0 aliphatic heterocycles. The normalized spacial score (nSPS) is 58.9. The highest BCUT2D eigenvalue weighted by atomic mass is 16.3. The van der Waals surface area contributed by atoms with Gasteiger partial charge in [-0.1, -0.05) is 25.5 Å². The predicted molar refractivity (Wildman–Crippen MR) is 94.3 cm³/mol. The van der Waals surface area contributed by atoms with Gasteiger partial charge in [0.15, 0.2) is 0 Å². The first kappa shape index (κ1) is 17.1. The molecule has 0 spiro atoms. The second-order valence-corrected chi connectivity index (χ2v) is 9.62. The Morgan fingerprint density at radius 1 is 0.917 bits per heavy atom. The van der Waals surface area contributed by atoms with Gasteiger partial charge in [0.25, 0.3) is 0 Å². The molecule has 0 amide bonds. The fourth-order valence-corrected chi connectivity index (χ4v) is 7.56. The molecule has 4 saturated carbocycles. The number of hydrogen-bond donors (Lipinski definition) is 3. The lowest BCUT2D eigenvalue weighted by molar-refractivity contribution is -0.217. The van der Waals surface area contributed by atoms with Gasteiger partial charge in [-0.2, -0.15) is 0 Å². The lowest BCUT2D eigenvalue weighted by atomic mass is 9.43. The number of rotatable bonds is 0. The largest absolute Gasteiger partial charge is 0.393 e. The molecule has 3 heteroatoms. The van der Waals surface area contributed by atoms with E-state index in [1.807, 2.05) is 0 Å². The van der Waals surface area contributed by atoms with Crippen LogP contribution in [-0.2, 0) is 0 Å². The third-order valence-corrected chi connectivity index (χ3v) is 8.92. The van der Waals surface area contributed by atoms with Gasteiger partial charge in [0, 0.05) is 0 Å². The Morgan fingerprint density at radius 2 is 1.67 bits per heavy atom. The predicted octanol–water partition coefficient (Wildman–Crippen LogP) is 3.28. The van der Waals surface area contributed by atoms with Gasteiger partial charge >= 0.3 is 0 Å². The zero-order valence-corrected chi connectivity index (χ0v) is 15.4. The van der Waals surface area contributed by atoms with E-state index < -0.39 is 12.2 Å². The van der Waals surface area contributed by atoms with Crippen LogP contribution in [0.1, 0.15) is 65.7 Å². The van der Waals surface area contributed by atoms with Crippen molar-refractivity contribution in [2.24, 2.45) is 34.5 Å². The van der Waals surface area contributed by atoms with Crippen LogP contribution in [0.4, 0.5) is 0 Å². The van der Waals surface area contributed by atoms with Crippen molar-refractivity contribution in [2.45, 2.75) is 84.0 Å². The van der Waals surface area contributed by atoms with Crippen LogP contribution in [0.25, 0.3) is 0 Å². The van der Waals surface area contributed by atoms with Crippen LogP contribution in [0.2, 0.25) is 0 Å². The standard InChI is InChI=1S/C21H34O3/c1-4-12-5-6-14-17-15(8-10-20(12,14)2)21(3)9-7-13(22)11-16(21)18(23)19(17)24/h4,13-19,22-24H,5-11H2,1-3H3/b12-4-/t13-,14?,15?,16+,17?,18+,19+,20+,21+/m0/s1. The fourth-order valence-electron chi connectivity index (χ4n) is 7.56. The Labute approximate surface area is 146 Å². The summed E-state index contributed by atoms with van der Waals surface area (Å²) in [6.45, 7) is 6.89. The van der Waals surface area contributed by atoms with Crippen LogP contribution in [0.5, 0.6) is 0 Å². The summed E-state index contributed by atoms with van der Waals surface area (Å²) in [5.41, 5.74) is 1.86. The lowest BCUT2D eigenvalue weighted by Gasteiger charge is -2.63. The minimum Gasteiger partial charge on any atom is -0.393 e. The van der Waals surface area contributed by atoms with Crippen molar-refractivity contribution < 1.29 is 15.3 Å². The van der Waals surface area contributed by atoms with E-state index in [-0.39, 0.29) is 28.8 Å². The average molecular weight is 334 g/mol. The van der Waals surface area contributed by atoms with Crippen molar-refractivity contribution in [3.8, 4) is 0 Å². The highest BCUT2D eigenvalue weighted by Gasteiger charge is 2.63. The van der Waals surface area contributed by atoms with Crippen molar-refractivity contribution in [3.63, 3.8) is 0 Å². The molecular formula is C21H34O3. The number of aliphatic hydroxyl groups is 3. The van der Waals surface area contributed by atoms with Crippen LogP contribution < -0.4 is 0 Å². The first-order chi connectivity index (χ1) is 11.3. The van der Waals surface area contributed by atoms with E-state index in [1.54, 1.807) is 5.57 Å². The van der Waals surface area contributed by atoms with Crippen molar-refractivity contribution in [1.82, 2.24) is 0 Å². The number of allylic oxidation sites excluding steroid dienone is 2. The van der Waals surface area contributed by atoms with E-state index in [0.717, 1.165) is 32.1 Å². The van der Waals surface area contributed by atoms with Crippen LogP contribution in [-0.4, -0.2) is 33.6 Å². The molecule has 4 rings (SSSR count). The molecule has 136 valence electrons. The van der Waals surface area contributed by atoms with E-state index in [0.29, 0.717) is 18.3 Å². The quantitative estimate of drug-likeness (QED) is 0.596. The van der Waals surface area contributed by atoms with Crippen LogP contribution in [0.15, 0.2) is 11.6 Å². The van der Waals surface area contributed by atoms with Gasteiger partial charge in [0.2, 0.25) is 0 Å². The van der Waals surface area contributed by atoms with E-state index in [9.17, 15) is 15.3 Å². The molecule has 0 heterocycles. The summed E-state index contributed by atoms with van der Waals surface area (Å²) in [4.78, 5) is 0. The minimum absolute atomic E-state index is 0.0458. The Morgan fingerprint density at radius 3 is 2.38 bits per heavy atom. The van der Waals surface area contributed by atoms with E-state index in [4.69, 9.17) is 0 Å². The molecule has 0 radical (unpaired) electrons. The minimum atomic E-state index is -0.678. The van der Waals surface area contributed by atoms with Crippen LogP contribution >= 0.6 is 0 Å². The van der Waals surface area contributed by atoms with Crippen molar-refractivity contribution in [2.75, 3.05) is 0 Å². The van der Waals surface area contributed by atoms with Gasteiger partial charge in [0.05, 0.1) is 18.3 Å². The summed E-state index contributed by atoms with van der Waals surface area (Å²) >= 11 is 0. The summed E-state index contributed by atoms with van der Waals surface area (Å²) in [6.07, 6.45) is 7.86. The zero-order chi connectivity index (χ0) is 17.3. The van der Waals surface area contributed by atoms with Gasteiger partial charge in [-0.3, -0.25) is 0 Å². The molecule has 0 aromatic carbocycles. The summed E-state index contributed by atoms with van der Waals surface area (Å²) in [5, 5.41) is 32.1. The first-order valence-electron chi connectivity index (χ1n) is 10.0. The summed E-state index contributed by atoms with van der Waals surface area (Å²) in [5.74, 6) is 1.25. The number of fused-ring (bicyclic) bond motifs is 5. The molecular weight excluding hydrogens is 300 g/mol. The Kier molecular flexibility index (Phi) is 3.95. The lowest BCUT2D eigenvalue weighted by Crippen LogP contribution is -2.63. The van der Waals surface area contributed by atoms with Gasteiger partial charge in [-0.15, -0.1) is 0 Å².